The van der Waals surface area contributed by atoms with Crippen molar-refractivity contribution in [1.29, 1.82) is 0 Å². The van der Waals surface area contributed by atoms with E-state index >= 15 is 0 Å². The third-order valence-corrected chi connectivity index (χ3v) is 4.42. The lowest BCUT2D eigenvalue weighted by Gasteiger charge is -2.07. The van der Waals surface area contributed by atoms with Gasteiger partial charge in [-0.1, -0.05) is 38.8 Å². The summed E-state index contributed by atoms with van der Waals surface area (Å²) in [6, 6.07) is 5.63. The first kappa shape index (κ1) is 16.1. The van der Waals surface area contributed by atoms with Crippen molar-refractivity contribution in [2.75, 3.05) is 0 Å². The van der Waals surface area contributed by atoms with Crippen LogP contribution in [-0.2, 0) is 13.0 Å². The summed E-state index contributed by atoms with van der Waals surface area (Å²) in [5.41, 5.74) is 2.78. The van der Waals surface area contributed by atoms with Crippen LogP contribution < -0.4 is 5.32 Å². The molecule has 0 saturated carbocycles. The summed E-state index contributed by atoms with van der Waals surface area (Å²) in [5, 5.41) is 4.22. The molecular formula is C17H23FN2S. The van der Waals surface area contributed by atoms with Gasteiger partial charge < -0.3 is 5.32 Å². The maximum atomic E-state index is 14.0. The molecule has 0 aliphatic carbocycles. The smallest absolute Gasteiger partial charge is 0.133 e. The molecule has 1 N–H and O–H groups in total. The number of hydrogen-bond acceptors (Lipinski definition) is 3. The molecule has 0 spiro atoms. The lowest BCUT2D eigenvalue weighted by Crippen LogP contribution is -2.21. The highest BCUT2D eigenvalue weighted by Gasteiger charge is 2.15. The normalized spacial score (nSPS) is 11.3. The molecule has 0 fully saturated rings. The fourth-order valence-electron chi connectivity index (χ4n) is 2.17. The summed E-state index contributed by atoms with van der Waals surface area (Å²) in [6.07, 6.45) is 1.99. The Bertz CT molecular complexity index is 605. The van der Waals surface area contributed by atoms with Gasteiger partial charge in [-0.2, -0.15) is 0 Å². The molecule has 0 amide bonds. The summed E-state index contributed by atoms with van der Waals surface area (Å²) in [7, 11) is 0. The molecule has 0 bridgehead atoms. The summed E-state index contributed by atoms with van der Waals surface area (Å²) < 4.78 is 14.0. The number of thiazole rings is 1. The van der Waals surface area contributed by atoms with E-state index < -0.39 is 0 Å². The molecule has 114 valence electrons. The van der Waals surface area contributed by atoms with E-state index in [4.69, 9.17) is 0 Å². The number of nitrogens with zero attached hydrogens (tertiary/aromatic N) is 1. The predicted molar refractivity (Wildman–Crippen MR) is 88.2 cm³/mol. The molecular weight excluding hydrogens is 283 g/mol. The first-order valence-electron chi connectivity index (χ1n) is 7.49. The maximum absolute atomic E-state index is 14.0. The van der Waals surface area contributed by atoms with E-state index in [1.54, 1.807) is 17.4 Å². The van der Waals surface area contributed by atoms with Gasteiger partial charge in [0, 0.05) is 23.0 Å². The average molecular weight is 306 g/mol. The van der Waals surface area contributed by atoms with Gasteiger partial charge in [0.15, 0.2) is 0 Å². The van der Waals surface area contributed by atoms with E-state index in [1.165, 1.54) is 10.9 Å². The number of halogens is 1. The van der Waals surface area contributed by atoms with Crippen LogP contribution in [0.3, 0.4) is 0 Å². The number of hydrogen-bond donors (Lipinski definition) is 1. The van der Waals surface area contributed by atoms with Crippen molar-refractivity contribution < 1.29 is 4.39 Å². The minimum Gasteiger partial charge on any atom is -0.310 e. The molecule has 1 heterocycles. The molecule has 4 heteroatoms. The minimum absolute atomic E-state index is 0.194. The zero-order valence-corrected chi connectivity index (χ0v) is 14.0. The van der Waals surface area contributed by atoms with Gasteiger partial charge in [-0.05, 0) is 25.5 Å². The number of aryl methyl sites for hydroxylation is 2. The Balaban J connectivity index is 2.35. The van der Waals surface area contributed by atoms with Gasteiger partial charge in [-0.3, -0.25) is 0 Å². The highest BCUT2D eigenvalue weighted by Crippen LogP contribution is 2.31. The predicted octanol–water partition coefficient (Wildman–Crippen LogP) is 4.71. The van der Waals surface area contributed by atoms with E-state index in [0.717, 1.165) is 35.7 Å². The van der Waals surface area contributed by atoms with E-state index in [1.807, 2.05) is 13.0 Å². The molecule has 21 heavy (non-hydrogen) atoms. The second-order valence-corrected chi connectivity index (χ2v) is 6.74. The Labute approximate surface area is 130 Å². The van der Waals surface area contributed by atoms with Crippen LogP contribution in [0.4, 0.5) is 4.39 Å². The molecule has 0 aliphatic rings. The van der Waals surface area contributed by atoms with Crippen LogP contribution in [0.15, 0.2) is 18.2 Å². The summed E-state index contributed by atoms with van der Waals surface area (Å²) in [5.74, 6) is -0.194. The lowest BCUT2D eigenvalue weighted by atomic mass is 10.1. The van der Waals surface area contributed by atoms with Crippen LogP contribution in [-0.4, -0.2) is 11.0 Å². The van der Waals surface area contributed by atoms with E-state index in [9.17, 15) is 4.39 Å². The first-order chi connectivity index (χ1) is 10.0. The average Bonchev–Trinajstić information content (AvgIpc) is 2.83. The minimum atomic E-state index is -0.194. The number of benzene rings is 1. The SMILES string of the molecule is CCCc1nc(-c2cc(C)ccc2F)sc1CNC(C)C. The van der Waals surface area contributed by atoms with Gasteiger partial charge in [-0.25, -0.2) is 9.37 Å². The third-order valence-electron chi connectivity index (χ3n) is 3.29. The van der Waals surface area contributed by atoms with E-state index in [0.29, 0.717) is 11.6 Å². The van der Waals surface area contributed by atoms with Crippen molar-refractivity contribution in [3.63, 3.8) is 0 Å². The summed E-state index contributed by atoms with van der Waals surface area (Å²) >= 11 is 1.60. The molecule has 0 radical (unpaired) electrons. The third kappa shape index (κ3) is 4.11. The van der Waals surface area contributed by atoms with Gasteiger partial charge in [0.25, 0.3) is 0 Å². The zero-order chi connectivity index (χ0) is 15.4. The maximum Gasteiger partial charge on any atom is 0.133 e. The highest BCUT2D eigenvalue weighted by atomic mass is 32.1. The molecule has 0 unspecified atom stereocenters. The second kappa shape index (κ2) is 7.14. The zero-order valence-electron chi connectivity index (χ0n) is 13.2. The largest absolute Gasteiger partial charge is 0.310 e. The summed E-state index contributed by atoms with van der Waals surface area (Å²) in [4.78, 5) is 5.91. The Morgan fingerprint density at radius 1 is 1.33 bits per heavy atom. The molecule has 0 saturated heterocycles. The van der Waals surface area contributed by atoms with Crippen molar-refractivity contribution in [2.24, 2.45) is 0 Å². The molecule has 2 nitrogen and oxygen atoms in total. The highest BCUT2D eigenvalue weighted by molar-refractivity contribution is 7.15. The van der Waals surface area contributed by atoms with Crippen LogP contribution >= 0.6 is 11.3 Å². The van der Waals surface area contributed by atoms with Crippen LogP contribution in [0, 0.1) is 12.7 Å². The van der Waals surface area contributed by atoms with Crippen LogP contribution in [0.1, 0.15) is 43.3 Å². The Kier molecular flexibility index (Phi) is 5.48. The van der Waals surface area contributed by atoms with Crippen molar-refractivity contribution in [1.82, 2.24) is 10.3 Å². The van der Waals surface area contributed by atoms with E-state index in [-0.39, 0.29) is 5.82 Å². The molecule has 1 aromatic heterocycles. The fourth-order valence-corrected chi connectivity index (χ4v) is 3.25. The lowest BCUT2D eigenvalue weighted by molar-refractivity contribution is 0.589. The first-order valence-corrected chi connectivity index (χ1v) is 8.31. The monoisotopic (exact) mass is 306 g/mol. The van der Waals surface area contributed by atoms with Crippen LogP contribution in [0.5, 0.6) is 0 Å². The van der Waals surface area contributed by atoms with Gasteiger partial charge >= 0.3 is 0 Å². The van der Waals surface area contributed by atoms with Crippen molar-refractivity contribution in [2.45, 2.75) is 53.1 Å². The quantitative estimate of drug-likeness (QED) is 0.836. The molecule has 2 rings (SSSR count). The van der Waals surface area contributed by atoms with E-state index in [2.05, 4.69) is 31.1 Å². The van der Waals surface area contributed by atoms with Crippen LogP contribution in [0.25, 0.3) is 10.6 Å². The Hall–Kier alpha value is -1.26. The number of rotatable bonds is 6. The van der Waals surface area contributed by atoms with Crippen molar-refractivity contribution in [3.05, 3.63) is 40.2 Å². The van der Waals surface area contributed by atoms with Crippen molar-refractivity contribution in [3.8, 4) is 10.6 Å². The molecule has 1 aromatic carbocycles. The van der Waals surface area contributed by atoms with Gasteiger partial charge in [-0.15, -0.1) is 11.3 Å². The summed E-state index contributed by atoms with van der Waals surface area (Å²) in [6.45, 7) is 9.18. The van der Waals surface area contributed by atoms with Gasteiger partial charge in [0.05, 0.1) is 5.69 Å². The number of aromatic nitrogens is 1. The second-order valence-electron chi connectivity index (χ2n) is 5.66. The molecule has 0 atom stereocenters. The standard InChI is InChI=1S/C17H23FN2S/c1-5-6-15-16(10-19-11(2)3)21-17(20-15)13-9-12(4)7-8-14(13)18/h7-9,11,19H,5-6,10H2,1-4H3. The van der Waals surface area contributed by atoms with Crippen LogP contribution in [0.2, 0.25) is 0 Å². The Morgan fingerprint density at radius 2 is 2.10 bits per heavy atom. The topological polar surface area (TPSA) is 24.9 Å². The fraction of sp³-hybridized carbons (Fsp3) is 0.471. The Morgan fingerprint density at radius 3 is 2.76 bits per heavy atom. The van der Waals surface area contributed by atoms with Gasteiger partial charge in [0.1, 0.15) is 10.8 Å². The molecule has 0 aliphatic heterocycles. The molecule has 2 aromatic rings. The number of nitrogens with one attached hydrogen (secondary N) is 1. The van der Waals surface area contributed by atoms with Gasteiger partial charge in [0.2, 0.25) is 0 Å². The van der Waals surface area contributed by atoms with Crippen molar-refractivity contribution >= 4 is 11.3 Å².